The zero-order valence-corrected chi connectivity index (χ0v) is 9.46. The number of phenols is 1. The monoisotopic (exact) mass is 224 g/mol. The fraction of sp³-hybridized carbons (Fsp3) is 0.0714. The Labute approximate surface area is 99.0 Å². The normalized spacial score (nSPS) is 10.9. The van der Waals surface area contributed by atoms with E-state index in [9.17, 15) is 5.11 Å². The Hall–Kier alpha value is -2.29. The molecule has 0 unspecified atom stereocenters. The highest BCUT2D eigenvalue weighted by Crippen LogP contribution is 2.28. The summed E-state index contributed by atoms with van der Waals surface area (Å²) in [6, 6.07) is 11.3. The summed E-state index contributed by atoms with van der Waals surface area (Å²) in [5, 5.41) is 9.86. The van der Waals surface area contributed by atoms with E-state index >= 15 is 0 Å². The third-order valence-electron chi connectivity index (χ3n) is 2.93. The predicted molar refractivity (Wildman–Crippen MR) is 67.0 cm³/mol. The number of nitrogens with zero attached hydrogens (tertiary/aromatic N) is 2. The molecule has 1 N–H and O–H groups in total. The van der Waals surface area contributed by atoms with Crippen molar-refractivity contribution in [2.45, 2.75) is 6.92 Å². The standard InChI is InChI=1S/C14H12N2O/c1-10-5-4-8-16-12(10)9-15-14(16)11-6-2-3-7-13(11)17/h2-9,17H,1H3. The van der Waals surface area contributed by atoms with Crippen LogP contribution in [-0.4, -0.2) is 14.5 Å². The molecule has 0 spiro atoms. The van der Waals surface area contributed by atoms with Crippen molar-refractivity contribution in [3.05, 3.63) is 54.4 Å². The molecule has 0 aliphatic heterocycles. The van der Waals surface area contributed by atoms with Crippen molar-refractivity contribution in [3.63, 3.8) is 0 Å². The molecule has 3 aromatic rings. The molecule has 1 aromatic carbocycles. The number of pyridine rings is 1. The lowest BCUT2D eigenvalue weighted by Crippen LogP contribution is -1.90. The molecule has 0 bridgehead atoms. The average molecular weight is 224 g/mol. The minimum atomic E-state index is 0.251. The minimum absolute atomic E-state index is 0.251. The fourth-order valence-corrected chi connectivity index (χ4v) is 2.02. The van der Waals surface area contributed by atoms with Crippen LogP contribution in [0.5, 0.6) is 5.75 Å². The van der Waals surface area contributed by atoms with Crippen molar-refractivity contribution in [1.29, 1.82) is 0 Å². The van der Waals surface area contributed by atoms with E-state index in [2.05, 4.69) is 4.98 Å². The Kier molecular flexibility index (Phi) is 2.11. The van der Waals surface area contributed by atoms with Crippen LogP contribution < -0.4 is 0 Å². The van der Waals surface area contributed by atoms with E-state index < -0.39 is 0 Å². The van der Waals surface area contributed by atoms with Crippen LogP contribution >= 0.6 is 0 Å². The maximum atomic E-state index is 9.86. The highest BCUT2D eigenvalue weighted by molar-refractivity contribution is 5.69. The van der Waals surface area contributed by atoms with E-state index in [1.807, 2.05) is 48.0 Å². The number of aromatic hydroxyl groups is 1. The first-order valence-corrected chi connectivity index (χ1v) is 5.48. The zero-order chi connectivity index (χ0) is 11.8. The Bertz CT molecular complexity index is 686. The van der Waals surface area contributed by atoms with E-state index in [1.54, 1.807) is 12.1 Å². The summed E-state index contributed by atoms with van der Waals surface area (Å²) in [6.45, 7) is 2.05. The number of hydrogen-bond donors (Lipinski definition) is 1. The first-order valence-electron chi connectivity index (χ1n) is 5.48. The highest BCUT2D eigenvalue weighted by atomic mass is 16.3. The van der Waals surface area contributed by atoms with Crippen molar-refractivity contribution in [1.82, 2.24) is 9.38 Å². The van der Waals surface area contributed by atoms with Gasteiger partial charge in [0.25, 0.3) is 0 Å². The van der Waals surface area contributed by atoms with Crippen LogP contribution in [0.15, 0.2) is 48.8 Å². The lowest BCUT2D eigenvalue weighted by Gasteiger charge is -2.04. The van der Waals surface area contributed by atoms with Gasteiger partial charge in [-0.2, -0.15) is 0 Å². The van der Waals surface area contributed by atoms with Gasteiger partial charge in [-0.1, -0.05) is 18.2 Å². The number of aryl methyl sites for hydroxylation is 1. The van der Waals surface area contributed by atoms with Crippen LogP contribution in [0.3, 0.4) is 0 Å². The topological polar surface area (TPSA) is 37.5 Å². The second kappa shape index (κ2) is 3.63. The third kappa shape index (κ3) is 1.47. The molecule has 0 atom stereocenters. The number of imidazole rings is 1. The molecule has 2 aromatic heterocycles. The van der Waals surface area contributed by atoms with Crippen LogP contribution in [-0.2, 0) is 0 Å². The quantitative estimate of drug-likeness (QED) is 0.690. The summed E-state index contributed by atoms with van der Waals surface area (Å²) in [4.78, 5) is 4.39. The zero-order valence-electron chi connectivity index (χ0n) is 9.46. The van der Waals surface area contributed by atoms with Crippen molar-refractivity contribution < 1.29 is 5.11 Å². The Morgan fingerprint density at radius 3 is 2.76 bits per heavy atom. The van der Waals surface area contributed by atoms with Gasteiger partial charge in [0.15, 0.2) is 0 Å². The SMILES string of the molecule is Cc1cccn2c(-c3ccccc3O)ncc12. The van der Waals surface area contributed by atoms with E-state index in [0.29, 0.717) is 0 Å². The first-order chi connectivity index (χ1) is 8.27. The summed E-state index contributed by atoms with van der Waals surface area (Å²) < 4.78 is 1.99. The number of phenolic OH excluding ortho intramolecular Hbond substituents is 1. The Morgan fingerprint density at radius 1 is 1.12 bits per heavy atom. The van der Waals surface area contributed by atoms with Crippen molar-refractivity contribution in [3.8, 4) is 17.1 Å². The number of fused-ring (bicyclic) bond motifs is 1. The summed E-state index contributed by atoms with van der Waals surface area (Å²) in [5.41, 5.74) is 2.98. The molecule has 0 saturated heterocycles. The van der Waals surface area contributed by atoms with Crippen molar-refractivity contribution >= 4 is 5.52 Å². The summed E-state index contributed by atoms with van der Waals surface area (Å²) in [5.74, 6) is 1.02. The summed E-state index contributed by atoms with van der Waals surface area (Å²) in [7, 11) is 0. The molecule has 17 heavy (non-hydrogen) atoms. The maximum absolute atomic E-state index is 9.86. The molecule has 3 nitrogen and oxygen atoms in total. The minimum Gasteiger partial charge on any atom is -0.507 e. The van der Waals surface area contributed by atoms with E-state index in [1.165, 1.54) is 5.56 Å². The van der Waals surface area contributed by atoms with Crippen LogP contribution in [0.4, 0.5) is 0 Å². The van der Waals surface area contributed by atoms with Crippen LogP contribution in [0.2, 0.25) is 0 Å². The number of benzene rings is 1. The molecule has 0 saturated carbocycles. The van der Waals surface area contributed by atoms with Gasteiger partial charge in [0.05, 0.1) is 17.3 Å². The summed E-state index contributed by atoms with van der Waals surface area (Å²) in [6.07, 6.45) is 3.79. The number of aromatic nitrogens is 2. The molecule has 84 valence electrons. The lowest BCUT2D eigenvalue weighted by molar-refractivity contribution is 0.477. The molecular formula is C14H12N2O. The lowest BCUT2D eigenvalue weighted by atomic mass is 10.2. The van der Waals surface area contributed by atoms with Gasteiger partial charge in [-0.15, -0.1) is 0 Å². The van der Waals surface area contributed by atoms with Gasteiger partial charge in [-0.05, 0) is 30.7 Å². The van der Waals surface area contributed by atoms with E-state index in [0.717, 1.165) is 16.9 Å². The van der Waals surface area contributed by atoms with Gasteiger partial charge in [-0.25, -0.2) is 4.98 Å². The van der Waals surface area contributed by atoms with Crippen LogP contribution in [0.1, 0.15) is 5.56 Å². The fourth-order valence-electron chi connectivity index (χ4n) is 2.02. The second-order valence-corrected chi connectivity index (χ2v) is 4.05. The Balaban J connectivity index is 2.33. The maximum Gasteiger partial charge on any atom is 0.148 e. The molecule has 0 aliphatic rings. The molecule has 0 aliphatic carbocycles. The first kappa shape index (κ1) is 9.90. The molecule has 2 heterocycles. The second-order valence-electron chi connectivity index (χ2n) is 4.05. The predicted octanol–water partition coefficient (Wildman–Crippen LogP) is 3.02. The third-order valence-corrected chi connectivity index (χ3v) is 2.93. The van der Waals surface area contributed by atoms with Gasteiger partial charge < -0.3 is 5.11 Å². The van der Waals surface area contributed by atoms with Crippen molar-refractivity contribution in [2.75, 3.05) is 0 Å². The summed E-state index contributed by atoms with van der Waals surface area (Å²) >= 11 is 0. The molecular weight excluding hydrogens is 212 g/mol. The molecule has 0 radical (unpaired) electrons. The van der Waals surface area contributed by atoms with Crippen LogP contribution in [0.25, 0.3) is 16.9 Å². The van der Waals surface area contributed by atoms with Crippen molar-refractivity contribution in [2.24, 2.45) is 0 Å². The number of para-hydroxylation sites is 1. The van der Waals surface area contributed by atoms with Crippen LogP contribution in [0, 0.1) is 6.92 Å². The van der Waals surface area contributed by atoms with Gasteiger partial charge >= 0.3 is 0 Å². The number of rotatable bonds is 1. The van der Waals surface area contributed by atoms with Gasteiger partial charge in [-0.3, -0.25) is 4.40 Å². The number of hydrogen-bond acceptors (Lipinski definition) is 2. The largest absolute Gasteiger partial charge is 0.507 e. The van der Waals surface area contributed by atoms with Gasteiger partial charge in [0, 0.05) is 6.20 Å². The smallest absolute Gasteiger partial charge is 0.148 e. The average Bonchev–Trinajstić information content (AvgIpc) is 2.75. The molecule has 0 amide bonds. The molecule has 0 fully saturated rings. The van der Waals surface area contributed by atoms with E-state index in [-0.39, 0.29) is 5.75 Å². The Morgan fingerprint density at radius 2 is 1.94 bits per heavy atom. The highest BCUT2D eigenvalue weighted by Gasteiger charge is 2.10. The van der Waals surface area contributed by atoms with E-state index in [4.69, 9.17) is 0 Å². The molecule has 3 heteroatoms. The van der Waals surface area contributed by atoms with Gasteiger partial charge in [0.1, 0.15) is 11.6 Å². The molecule has 3 rings (SSSR count). The van der Waals surface area contributed by atoms with Gasteiger partial charge in [0.2, 0.25) is 0 Å².